The van der Waals surface area contributed by atoms with Crippen molar-refractivity contribution in [1.82, 2.24) is 0 Å². The van der Waals surface area contributed by atoms with Crippen LogP contribution < -0.4 is 19.3 Å². The zero-order chi connectivity index (χ0) is 37.1. The molecular formula is C34H22Cl2F5IN2O7. The summed E-state index contributed by atoms with van der Waals surface area (Å²) < 4.78 is 85.0. The molecule has 4 amide bonds. The molecule has 0 spiro atoms. The first-order chi connectivity index (χ1) is 24.0. The summed E-state index contributed by atoms with van der Waals surface area (Å²) in [6.07, 6.45) is 0.852. The number of aromatic hydroxyl groups is 1. The lowest BCUT2D eigenvalue weighted by Gasteiger charge is -2.50. The first-order valence-electron chi connectivity index (χ1n) is 15.1. The molecular weight excluding hydrogens is 841 g/mol. The van der Waals surface area contributed by atoms with Crippen molar-refractivity contribution in [3.63, 3.8) is 0 Å². The Kier molecular flexibility index (Phi) is 8.37. The lowest BCUT2D eigenvalue weighted by atomic mass is 9.56. The number of rotatable bonds is 5. The van der Waals surface area contributed by atoms with Gasteiger partial charge in [-0.15, -0.1) is 23.2 Å². The summed E-state index contributed by atoms with van der Waals surface area (Å²) in [5.41, 5.74) is -1.38. The largest absolute Gasteiger partial charge is 0.502 e. The topological polar surface area (TPSA) is 113 Å². The summed E-state index contributed by atoms with van der Waals surface area (Å²) in [5, 5.41) is 10.7. The maximum absolute atomic E-state index is 15.3. The SMILES string of the molecule is COc1cc(C2C3=CCC4C(=O)N(c5ccc(I)cc5)C(=O)C4C3CC3(Cl)C(=O)N(c4c(F)c(F)c(F)c(F)c4F)C(=O)C23Cl)cc(OC)c1O. The van der Waals surface area contributed by atoms with Gasteiger partial charge >= 0.3 is 0 Å². The van der Waals surface area contributed by atoms with Crippen molar-refractivity contribution >= 4 is 80.8 Å². The number of phenolic OH excluding ortho intramolecular Hbond substituents is 1. The number of carbonyl (C=O) groups is 4. The zero-order valence-corrected chi connectivity index (χ0v) is 29.7. The van der Waals surface area contributed by atoms with Crippen LogP contribution >= 0.6 is 45.8 Å². The molecule has 3 fully saturated rings. The molecule has 51 heavy (non-hydrogen) atoms. The monoisotopic (exact) mass is 862 g/mol. The minimum Gasteiger partial charge on any atom is -0.502 e. The number of amides is 4. The number of methoxy groups -OCH3 is 2. The number of nitrogens with zero attached hydrogens (tertiary/aromatic N) is 2. The molecule has 1 N–H and O–H groups in total. The van der Waals surface area contributed by atoms with Crippen LogP contribution in [0.3, 0.4) is 0 Å². The van der Waals surface area contributed by atoms with Crippen molar-refractivity contribution in [2.75, 3.05) is 24.0 Å². The molecule has 0 aromatic heterocycles. The molecule has 0 bridgehead atoms. The number of imide groups is 2. The third-order valence-corrected chi connectivity index (χ3v) is 12.3. The van der Waals surface area contributed by atoms with Crippen molar-refractivity contribution in [2.24, 2.45) is 17.8 Å². The number of anilines is 2. The molecule has 1 saturated carbocycles. The molecule has 0 radical (unpaired) electrons. The summed E-state index contributed by atoms with van der Waals surface area (Å²) in [4.78, 5) is 52.1. The highest BCUT2D eigenvalue weighted by Gasteiger charge is 2.77. The number of allylic oxidation sites excluding steroid dienone is 2. The van der Waals surface area contributed by atoms with Crippen molar-refractivity contribution in [3.8, 4) is 17.2 Å². The fourth-order valence-corrected chi connectivity index (χ4v) is 9.16. The molecule has 2 saturated heterocycles. The number of hydrogen-bond donors (Lipinski definition) is 1. The molecule has 6 unspecified atom stereocenters. The van der Waals surface area contributed by atoms with E-state index in [1.54, 1.807) is 30.3 Å². The molecule has 3 aromatic carbocycles. The van der Waals surface area contributed by atoms with Gasteiger partial charge in [-0.3, -0.25) is 24.1 Å². The Bertz CT molecular complexity index is 2080. The quantitative estimate of drug-likeness (QED) is 0.0595. The maximum Gasteiger partial charge on any atom is 0.258 e. The number of benzene rings is 3. The van der Waals surface area contributed by atoms with Gasteiger partial charge in [0.05, 0.1) is 31.7 Å². The Morgan fingerprint density at radius 1 is 0.804 bits per heavy atom. The first kappa shape index (κ1) is 35.4. The number of fused-ring (bicyclic) bond motifs is 4. The van der Waals surface area contributed by atoms with Gasteiger partial charge in [-0.1, -0.05) is 11.6 Å². The summed E-state index contributed by atoms with van der Waals surface area (Å²) in [6, 6.07) is 9.01. The average molecular weight is 863 g/mol. The number of alkyl halides is 2. The second-order valence-electron chi connectivity index (χ2n) is 12.5. The van der Waals surface area contributed by atoms with E-state index < -0.39 is 104 Å². The van der Waals surface area contributed by atoms with Crippen molar-refractivity contribution in [3.05, 3.63) is 86.3 Å². The van der Waals surface area contributed by atoms with E-state index in [0.29, 0.717) is 0 Å². The standard InChI is InChI=1S/C34H22Cl2F5IN2O7/c1-50-18-9-12(10-19(51-2)28(18)45)21-15-7-8-16-20(30(47)43(29(16)46)14-5-3-13(42)4-6-14)17(15)11-33(35)31(48)44(32(49)34(21,33)36)27-25(40)23(38)22(37)24(39)26(27)41/h3-7,9-10,16-17,20-21,45H,8,11H2,1-2H3. The Labute approximate surface area is 309 Å². The second kappa shape index (κ2) is 12.0. The molecule has 2 aliphatic carbocycles. The fraction of sp³-hybridized carbons (Fsp3) is 0.294. The molecule has 17 heteroatoms. The van der Waals surface area contributed by atoms with Crippen LogP contribution in [-0.4, -0.2) is 52.7 Å². The van der Waals surface area contributed by atoms with Crippen LogP contribution in [0.4, 0.5) is 33.3 Å². The van der Waals surface area contributed by atoms with Crippen LogP contribution in [0.25, 0.3) is 0 Å². The summed E-state index contributed by atoms with van der Waals surface area (Å²) in [7, 11) is 2.40. The predicted octanol–water partition coefficient (Wildman–Crippen LogP) is 6.48. The van der Waals surface area contributed by atoms with E-state index in [4.69, 9.17) is 32.7 Å². The molecule has 266 valence electrons. The smallest absolute Gasteiger partial charge is 0.258 e. The van der Waals surface area contributed by atoms with Crippen LogP contribution in [0.1, 0.15) is 24.3 Å². The van der Waals surface area contributed by atoms with Crippen molar-refractivity contribution < 1.29 is 55.7 Å². The number of hydrogen-bond acceptors (Lipinski definition) is 7. The predicted molar refractivity (Wildman–Crippen MR) is 179 cm³/mol. The van der Waals surface area contributed by atoms with E-state index in [-0.39, 0.29) is 39.6 Å². The molecule has 7 rings (SSSR count). The molecule has 2 heterocycles. The van der Waals surface area contributed by atoms with Gasteiger partial charge < -0.3 is 14.6 Å². The van der Waals surface area contributed by atoms with Crippen LogP contribution in [0, 0.1) is 50.4 Å². The minimum absolute atomic E-state index is 0.00241. The summed E-state index contributed by atoms with van der Waals surface area (Å²) >= 11 is 16.4. The number of phenols is 1. The molecule has 9 nitrogen and oxygen atoms in total. The van der Waals surface area contributed by atoms with Crippen LogP contribution in [0.2, 0.25) is 0 Å². The van der Waals surface area contributed by atoms with Gasteiger partial charge in [-0.2, -0.15) is 0 Å². The van der Waals surface area contributed by atoms with E-state index in [0.717, 1.165) is 8.47 Å². The van der Waals surface area contributed by atoms with Gasteiger partial charge in [0, 0.05) is 9.49 Å². The number of carbonyl (C=O) groups excluding carboxylic acids is 4. The summed E-state index contributed by atoms with van der Waals surface area (Å²) in [5.74, 6) is -22.5. The van der Waals surface area contributed by atoms with E-state index >= 15 is 8.78 Å². The van der Waals surface area contributed by atoms with Gasteiger partial charge in [-0.05, 0) is 83.3 Å². The Hall–Kier alpha value is -3.96. The van der Waals surface area contributed by atoms with Crippen LogP contribution in [0.15, 0.2) is 48.0 Å². The van der Waals surface area contributed by atoms with Gasteiger partial charge in [0.15, 0.2) is 44.5 Å². The van der Waals surface area contributed by atoms with E-state index in [1.807, 2.05) is 0 Å². The Morgan fingerprint density at radius 3 is 1.90 bits per heavy atom. The van der Waals surface area contributed by atoms with Crippen molar-refractivity contribution in [1.29, 1.82) is 0 Å². The minimum atomic E-state index is -2.75. The third-order valence-electron chi connectivity index (χ3n) is 10.1. The highest BCUT2D eigenvalue weighted by atomic mass is 127. The molecule has 6 atom stereocenters. The van der Waals surface area contributed by atoms with Crippen LogP contribution in [-0.2, 0) is 19.2 Å². The third kappa shape index (κ3) is 4.62. The molecule has 2 aliphatic heterocycles. The number of ether oxygens (including phenoxy) is 2. The Balaban J connectivity index is 1.46. The lowest BCUT2D eigenvalue weighted by molar-refractivity contribution is -0.125. The fourth-order valence-electron chi connectivity index (χ4n) is 7.87. The average Bonchev–Trinajstić information content (AvgIpc) is 3.45. The van der Waals surface area contributed by atoms with Gasteiger partial charge in [0.2, 0.25) is 23.4 Å². The van der Waals surface area contributed by atoms with Gasteiger partial charge in [0.25, 0.3) is 11.8 Å². The van der Waals surface area contributed by atoms with Crippen LogP contribution in [0.5, 0.6) is 17.2 Å². The second-order valence-corrected chi connectivity index (χ2v) is 14.9. The van der Waals surface area contributed by atoms with E-state index in [9.17, 15) is 37.5 Å². The highest BCUT2D eigenvalue weighted by Crippen LogP contribution is 2.66. The maximum atomic E-state index is 15.3. The van der Waals surface area contributed by atoms with Crippen molar-refractivity contribution in [2.45, 2.75) is 28.5 Å². The molecule has 4 aliphatic rings. The van der Waals surface area contributed by atoms with E-state index in [2.05, 4.69) is 22.6 Å². The first-order valence-corrected chi connectivity index (χ1v) is 16.9. The summed E-state index contributed by atoms with van der Waals surface area (Å²) in [6.45, 7) is 0. The van der Waals surface area contributed by atoms with Gasteiger partial charge in [0.1, 0.15) is 5.69 Å². The van der Waals surface area contributed by atoms with Gasteiger partial charge in [-0.25, -0.2) is 26.9 Å². The lowest BCUT2D eigenvalue weighted by Crippen LogP contribution is -2.60. The highest BCUT2D eigenvalue weighted by molar-refractivity contribution is 14.1. The number of halogens is 8. The van der Waals surface area contributed by atoms with E-state index in [1.165, 1.54) is 26.4 Å². The molecule has 3 aromatic rings. The normalized spacial score (nSPS) is 28.5. The Morgan fingerprint density at radius 2 is 1.35 bits per heavy atom. The zero-order valence-electron chi connectivity index (χ0n) is 26.1.